The molecule has 8 aliphatic rings. The van der Waals surface area contributed by atoms with Crippen LogP contribution < -0.4 is 0 Å². The molecule has 0 radical (unpaired) electrons. The minimum absolute atomic E-state index is 0.0669. The molecule has 0 spiro atoms. The van der Waals surface area contributed by atoms with Crippen molar-refractivity contribution in [1.82, 2.24) is 0 Å². The maximum absolute atomic E-state index is 11.5. The van der Waals surface area contributed by atoms with Crippen molar-refractivity contribution in [3.8, 4) is 0 Å². The summed E-state index contributed by atoms with van der Waals surface area (Å²) >= 11 is 0. The smallest absolute Gasteiger partial charge is 0.196 e. The van der Waals surface area contributed by atoms with Crippen LogP contribution >= 0.6 is 0 Å². The summed E-state index contributed by atoms with van der Waals surface area (Å²) in [5.74, 6) is -3.75. The molecule has 8 fully saturated rings. The highest BCUT2D eigenvalue weighted by Crippen LogP contribution is 2.39. The molecular weight excluding hydrogens is 1100 g/mol. The van der Waals surface area contributed by atoms with Crippen LogP contribution in [0.2, 0.25) is 0 Å². The SMILES string of the molecule is CC1[C@@H](O[C@@H]2CO[C@@H](O[C@@H]3C(CO)O[C@H](OO)C(C)[C@H]3O)C(O)[C@H]2O)OC(CO)[C@@H](O[C@@H]2OC[C@@H](O[C@H]3OC(CO)[C@@H](O[C@@H]4OC[C@@H](O[C@H]5OC(CO)[C@@H](O[C@@H]6OCC[C@H](O)C6O)[C@H](O)C5C)[C@H](O)C4O)[C@H](O)C3C)[C@H](O)C2O)[C@@H]1O. The van der Waals surface area contributed by atoms with Gasteiger partial charge in [0.1, 0.15) is 110 Å². The molecule has 0 aromatic rings. The number of aliphatic hydroxyl groups is 16. The van der Waals surface area contributed by atoms with E-state index in [4.69, 9.17) is 76.3 Å². The number of hydrogen-bond acceptors (Lipinski definition) is 33. The predicted octanol–water partition coefficient (Wildman–Crippen LogP) is -9.27. The fourth-order valence-corrected chi connectivity index (χ4v) is 11.1. The fourth-order valence-electron chi connectivity index (χ4n) is 11.1. The molecule has 33 nitrogen and oxygen atoms in total. The van der Waals surface area contributed by atoms with E-state index in [0.29, 0.717) is 0 Å². The maximum Gasteiger partial charge on any atom is 0.196 e. The molecule has 0 bridgehead atoms. The average Bonchev–Trinajstić information content (AvgIpc) is 3.46. The van der Waals surface area contributed by atoms with Crippen molar-refractivity contribution >= 4 is 0 Å². The van der Waals surface area contributed by atoms with Gasteiger partial charge in [0, 0.05) is 23.7 Å². The van der Waals surface area contributed by atoms with Crippen LogP contribution in [0.4, 0.5) is 0 Å². The third-order valence-corrected chi connectivity index (χ3v) is 16.5. The summed E-state index contributed by atoms with van der Waals surface area (Å²) in [5.41, 5.74) is 0. The van der Waals surface area contributed by atoms with E-state index in [-0.39, 0.29) is 13.0 Å². The van der Waals surface area contributed by atoms with E-state index in [1.165, 1.54) is 27.7 Å². The van der Waals surface area contributed by atoms with Crippen molar-refractivity contribution in [3.05, 3.63) is 0 Å². The van der Waals surface area contributed by atoms with Crippen molar-refractivity contribution in [3.63, 3.8) is 0 Å². The minimum Gasteiger partial charge on any atom is -0.394 e. The van der Waals surface area contributed by atoms with Crippen LogP contribution in [-0.4, -0.2) is 331 Å². The topological polar surface area (TPSA) is 492 Å². The van der Waals surface area contributed by atoms with E-state index in [1.807, 2.05) is 0 Å². The van der Waals surface area contributed by atoms with Crippen LogP contribution in [0, 0.1) is 23.7 Å². The molecule has 0 aromatic heterocycles. The summed E-state index contributed by atoms with van der Waals surface area (Å²) in [6, 6.07) is 0. The first kappa shape index (κ1) is 65.7. The van der Waals surface area contributed by atoms with E-state index in [2.05, 4.69) is 4.89 Å². The van der Waals surface area contributed by atoms with Gasteiger partial charge in [0.15, 0.2) is 50.3 Å². The van der Waals surface area contributed by atoms with Crippen molar-refractivity contribution in [2.45, 2.75) is 225 Å². The highest BCUT2D eigenvalue weighted by Gasteiger charge is 2.56. The normalized spacial score (nSPS) is 53.1. The molecule has 8 rings (SSSR count). The zero-order chi connectivity index (χ0) is 58.9. The first-order chi connectivity index (χ1) is 38.6. The van der Waals surface area contributed by atoms with Gasteiger partial charge in [-0.05, 0) is 6.42 Å². The molecule has 33 heteroatoms. The van der Waals surface area contributed by atoms with Crippen molar-refractivity contribution in [2.24, 2.45) is 23.7 Å². The average molecular weight is 1190 g/mol. The van der Waals surface area contributed by atoms with Gasteiger partial charge in [0.25, 0.3) is 0 Å². The number of ether oxygens (including phenoxy) is 15. The molecule has 0 aliphatic carbocycles. The van der Waals surface area contributed by atoms with E-state index >= 15 is 0 Å². The second-order valence-electron chi connectivity index (χ2n) is 22.0. The summed E-state index contributed by atoms with van der Waals surface area (Å²) in [7, 11) is 0. The van der Waals surface area contributed by atoms with Gasteiger partial charge >= 0.3 is 0 Å². The summed E-state index contributed by atoms with van der Waals surface area (Å²) in [6.45, 7) is 1.74. The lowest BCUT2D eigenvalue weighted by atomic mass is 9.91. The summed E-state index contributed by atoms with van der Waals surface area (Å²) in [6.07, 6.45) is -45.0. The zero-order valence-electron chi connectivity index (χ0n) is 44.7. The van der Waals surface area contributed by atoms with Crippen LogP contribution in [0.3, 0.4) is 0 Å². The quantitative estimate of drug-likeness (QED) is 0.0422. The third-order valence-electron chi connectivity index (χ3n) is 16.5. The Morgan fingerprint density at radius 1 is 0.321 bits per heavy atom. The van der Waals surface area contributed by atoms with Gasteiger partial charge < -0.3 is 153 Å². The lowest BCUT2D eigenvalue weighted by Gasteiger charge is -2.49. The molecule has 35 atom stereocenters. The number of hydrogen-bond donors (Lipinski definition) is 17. The Hall–Kier alpha value is -1.32. The molecular formula is C48H82O33. The summed E-state index contributed by atoms with van der Waals surface area (Å²) in [4.78, 5) is 4.23. The largest absolute Gasteiger partial charge is 0.394 e. The first-order valence-corrected chi connectivity index (χ1v) is 27.1. The van der Waals surface area contributed by atoms with Gasteiger partial charge in [-0.3, -0.25) is 0 Å². The Balaban J connectivity index is 0.795. The van der Waals surface area contributed by atoms with Crippen LogP contribution in [0.5, 0.6) is 0 Å². The molecule has 17 N–H and O–H groups in total. The monoisotopic (exact) mass is 1190 g/mol. The van der Waals surface area contributed by atoms with Crippen molar-refractivity contribution in [2.75, 3.05) is 52.9 Å². The standard InChI is InChI=1S/C48H82O33/c1-14-26(54)37(77-45-30(58)18(53)5-6-66-45)19(7-49)70-41(14)74-23-11-67-46(34(62)31(23)59)78-38-20(8-50)71-42(15(2)27(38)55)75-24-12-68-47(35(63)32(24)60)79-39-21(9-51)72-43(16(3)28(39)56)76-25-13-69-48(36(64)33(25)61)80-40-22(10-52)73-44(81-65)17(4)29(40)57/h14-65H,5-13H2,1-4H3/t14?,15?,16?,17?,18-,19?,20?,21?,22?,23+,24+,25+,26+,27+,28+,29+,30?,31-,32-,33-,34?,35?,36?,37+,38+,39+,40+,41+,42+,43+,44+,45-,46-,47-,48-/m0/s1. The molecule has 12 unspecified atom stereocenters. The molecule has 8 aliphatic heterocycles. The van der Waals surface area contributed by atoms with Gasteiger partial charge in [-0.1, -0.05) is 27.7 Å². The zero-order valence-corrected chi connectivity index (χ0v) is 44.7. The molecule has 8 saturated heterocycles. The Morgan fingerprint density at radius 2 is 0.593 bits per heavy atom. The van der Waals surface area contributed by atoms with Gasteiger partial charge in [-0.2, -0.15) is 0 Å². The van der Waals surface area contributed by atoms with Crippen LogP contribution in [0.25, 0.3) is 0 Å². The summed E-state index contributed by atoms with van der Waals surface area (Å²) in [5, 5.41) is 182. The van der Waals surface area contributed by atoms with Gasteiger partial charge in [-0.25, -0.2) is 10.1 Å². The summed E-state index contributed by atoms with van der Waals surface area (Å²) < 4.78 is 86.9. The van der Waals surface area contributed by atoms with Crippen molar-refractivity contribution < 1.29 is 163 Å². The lowest BCUT2D eigenvalue weighted by Crippen LogP contribution is -2.64. The minimum atomic E-state index is -1.88. The van der Waals surface area contributed by atoms with Crippen LogP contribution in [0.1, 0.15) is 34.1 Å². The van der Waals surface area contributed by atoms with E-state index in [1.54, 1.807) is 0 Å². The van der Waals surface area contributed by atoms with E-state index in [0.717, 1.165) is 0 Å². The number of aliphatic hydroxyl groups excluding tert-OH is 16. The first-order valence-electron chi connectivity index (χ1n) is 27.1. The predicted molar refractivity (Wildman–Crippen MR) is 253 cm³/mol. The Labute approximate surface area is 463 Å². The second-order valence-corrected chi connectivity index (χ2v) is 22.0. The molecule has 0 aromatic carbocycles. The van der Waals surface area contributed by atoms with Gasteiger partial charge in [0.05, 0.1) is 83.4 Å². The Morgan fingerprint density at radius 3 is 0.877 bits per heavy atom. The highest BCUT2D eigenvalue weighted by atomic mass is 17.1. The Kier molecular flexibility index (Phi) is 23.2. The molecule has 81 heavy (non-hydrogen) atoms. The van der Waals surface area contributed by atoms with E-state index < -0.39 is 261 Å². The molecule has 8 heterocycles. The van der Waals surface area contributed by atoms with Crippen molar-refractivity contribution in [1.29, 1.82) is 0 Å². The molecule has 0 amide bonds. The maximum atomic E-state index is 11.5. The van der Waals surface area contributed by atoms with Crippen LogP contribution in [0.15, 0.2) is 0 Å². The molecule has 0 saturated carbocycles. The van der Waals surface area contributed by atoms with Gasteiger partial charge in [0.2, 0.25) is 0 Å². The Bertz CT molecular complexity index is 1900. The number of rotatable bonds is 19. The highest BCUT2D eigenvalue weighted by molar-refractivity contribution is 4.97. The van der Waals surface area contributed by atoms with E-state index in [9.17, 15) is 81.7 Å². The fraction of sp³-hybridized carbons (Fsp3) is 1.00. The van der Waals surface area contributed by atoms with Crippen LogP contribution in [-0.2, 0) is 75.9 Å². The molecule has 472 valence electrons. The lowest BCUT2D eigenvalue weighted by molar-refractivity contribution is -0.408. The second kappa shape index (κ2) is 28.7. The van der Waals surface area contributed by atoms with Gasteiger partial charge in [-0.15, -0.1) is 0 Å². The third kappa shape index (κ3) is 14.0.